The number of amides is 1. The topological polar surface area (TPSA) is 111 Å². The van der Waals surface area contributed by atoms with Gasteiger partial charge >= 0.3 is 0 Å². The zero-order chi connectivity index (χ0) is 18.4. The van der Waals surface area contributed by atoms with E-state index < -0.39 is 33.0 Å². The summed E-state index contributed by atoms with van der Waals surface area (Å²) in [6.45, 7) is 0. The molecule has 0 saturated carbocycles. The third-order valence-corrected chi connectivity index (χ3v) is 4.10. The average Bonchev–Trinajstić information content (AvgIpc) is 3.09. The molecule has 0 bridgehead atoms. The number of anilines is 1. The highest BCUT2D eigenvalue weighted by molar-refractivity contribution is 7.90. The smallest absolute Gasteiger partial charge is 0.284 e. The zero-order valence-electron chi connectivity index (χ0n) is 13.0. The van der Waals surface area contributed by atoms with Crippen LogP contribution in [-0.4, -0.2) is 45.0 Å². The first-order valence-corrected chi connectivity index (χ1v) is 8.74. The van der Waals surface area contributed by atoms with Gasteiger partial charge in [0.15, 0.2) is 5.69 Å². The number of hydrogen-bond donors (Lipinski definition) is 1. The molecule has 1 N–H and O–H groups in total. The van der Waals surface area contributed by atoms with Gasteiger partial charge in [0.25, 0.3) is 17.5 Å². The van der Waals surface area contributed by atoms with Crippen molar-refractivity contribution >= 4 is 26.9 Å². The summed E-state index contributed by atoms with van der Waals surface area (Å²) in [5.74, 6) is -0.743. The van der Waals surface area contributed by atoms with E-state index in [-0.39, 0.29) is 11.4 Å². The van der Waals surface area contributed by atoms with E-state index in [4.69, 9.17) is 0 Å². The van der Waals surface area contributed by atoms with Gasteiger partial charge < -0.3 is 5.32 Å². The van der Waals surface area contributed by atoms with Crippen molar-refractivity contribution in [1.29, 1.82) is 0 Å². The van der Waals surface area contributed by atoms with E-state index in [9.17, 15) is 22.0 Å². The molecule has 0 saturated heterocycles. The zero-order valence-corrected chi connectivity index (χ0v) is 13.8. The minimum Gasteiger partial charge on any atom is -0.318 e. The second-order valence-electron chi connectivity index (χ2n) is 5.22. The van der Waals surface area contributed by atoms with Crippen molar-refractivity contribution in [3.63, 3.8) is 0 Å². The number of aryl methyl sites for hydroxylation is 1. The molecule has 3 heterocycles. The Labute approximate surface area is 140 Å². The van der Waals surface area contributed by atoms with Gasteiger partial charge in [0.2, 0.25) is 9.84 Å². The van der Waals surface area contributed by atoms with Gasteiger partial charge in [-0.2, -0.15) is 5.10 Å². The van der Waals surface area contributed by atoms with Crippen molar-refractivity contribution in [2.45, 2.75) is 11.6 Å². The van der Waals surface area contributed by atoms with Crippen molar-refractivity contribution in [3.8, 4) is 0 Å². The molecular formula is C13H12F2N6O3S. The second-order valence-corrected chi connectivity index (χ2v) is 7.13. The molecule has 12 heteroatoms. The number of carbonyl (C=O) groups excluding carboxylic acids is 1. The minimum absolute atomic E-state index is 0.0358. The molecule has 0 fully saturated rings. The normalized spacial score (nSPS) is 12.0. The van der Waals surface area contributed by atoms with E-state index in [0.717, 1.165) is 15.5 Å². The predicted octanol–water partition coefficient (Wildman–Crippen LogP) is 1.06. The molecule has 1 amide bonds. The van der Waals surface area contributed by atoms with Crippen LogP contribution in [0.3, 0.4) is 0 Å². The highest BCUT2D eigenvalue weighted by Crippen LogP contribution is 2.25. The SMILES string of the molecule is Cn1cc(NC(=O)c2ccc3cnc(S(C)(=O)=O)nn23)c(C(F)F)n1. The van der Waals surface area contributed by atoms with Crippen molar-refractivity contribution in [1.82, 2.24) is 24.4 Å². The molecule has 0 spiro atoms. The van der Waals surface area contributed by atoms with E-state index in [1.165, 1.54) is 31.6 Å². The highest BCUT2D eigenvalue weighted by atomic mass is 32.2. The van der Waals surface area contributed by atoms with E-state index >= 15 is 0 Å². The maximum absolute atomic E-state index is 13.0. The lowest BCUT2D eigenvalue weighted by molar-refractivity contribution is 0.101. The van der Waals surface area contributed by atoms with E-state index in [2.05, 4.69) is 20.5 Å². The van der Waals surface area contributed by atoms with Gasteiger partial charge in [0, 0.05) is 19.5 Å². The van der Waals surface area contributed by atoms with E-state index in [1.807, 2.05) is 0 Å². The van der Waals surface area contributed by atoms with Gasteiger partial charge in [-0.1, -0.05) is 0 Å². The van der Waals surface area contributed by atoms with Crippen molar-refractivity contribution in [2.24, 2.45) is 7.05 Å². The first kappa shape index (κ1) is 17.0. The van der Waals surface area contributed by atoms with Gasteiger partial charge in [-0.05, 0) is 12.1 Å². The number of carbonyl (C=O) groups is 1. The fraction of sp³-hybridized carbons (Fsp3) is 0.231. The number of alkyl halides is 2. The van der Waals surface area contributed by atoms with Gasteiger partial charge in [0.05, 0.1) is 17.4 Å². The molecule has 3 aromatic heterocycles. The molecule has 0 unspecified atom stereocenters. The fourth-order valence-electron chi connectivity index (χ4n) is 2.18. The number of nitrogens with one attached hydrogen (secondary N) is 1. The Bertz CT molecular complexity index is 1070. The van der Waals surface area contributed by atoms with E-state index in [1.54, 1.807) is 0 Å². The third kappa shape index (κ3) is 3.20. The van der Waals surface area contributed by atoms with Crippen LogP contribution in [0, 0.1) is 0 Å². The molecule has 0 aliphatic rings. The average molecular weight is 370 g/mol. The number of aromatic nitrogens is 5. The monoisotopic (exact) mass is 370 g/mol. The fourth-order valence-corrected chi connectivity index (χ4v) is 2.65. The van der Waals surface area contributed by atoms with Crippen molar-refractivity contribution < 1.29 is 22.0 Å². The number of nitrogens with zero attached hydrogens (tertiary/aromatic N) is 5. The van der Waals surface area contributed by atoms with Crippen molar-refractivity contribution in [3.05, 3.63) is 35.9 Å². The standard InChI is InChI=1S/C13H12F2N6O3S/c1-20-6-8(10(18-20)11(14)15)17-12(22)9-4-3-7-5-16-13(19-21(7)9)25(2,23)24/h3-6,11H,1-2H3,(H,17,22). The Balaban J connectivity index is 2.00. The number of fused-ring (bicyclic) bond motifs is 1. The second kappa shape index (κ2) is 5.88. The first-order valence-electron chi connectivity index (χ1n) is 6.84. The quantitative estimate of drug-likeness (QED) is 0.735. The van der Waals surface area contributed by atoms with E-state index in [0.29, 0.717) is 5.52 Å². The van der Waals surface area contributed by atoms with Crippen LogP contribution in [0.1, 0.15) is 22.6 Å². The van der Waals surface area contributed by atoms with Gasteiger partial charge in [0.1, 0.15) is 5.69 Å². The van der Waals surface area contributed by atoms with Crippen LogP contribution in [0.5, 0.6) is 0 Å². The summed E-state index contributed by atoms with van der Waals surface area (Å²) in [7, 11) is -2.23. The minimum atomic E-state index is -3.68. The molecule has 9 nitrogen and oxygen atoms in total. The lowest BCUT2D eigenvalue weighted by Gasteiger charge is -2.05. The molecule has 132 valence electrons. The van der Waals surface area contributed by atoms with Crippen LogP contribution in [0.25, 0.3) is 5.52 Å². The van der Waals surface area contributed by atoms with Crippen LogP contribution in [0.2, 0.25) is 0 Å². The molecule has 0 radical (unpaired) electrons. The highest BCUT2D eigenvalue weighted by Gasteiger charge is 2.22. The Morgan fingerprint density at radius 2 is 2.00 bits per heavy atom. The molecule has 25 heavy (non-hydrogen) atoms. The molecule has 0 atom stereocenters. The summed E-state index contributed by atoms with van der Waals surface area (Å²) >= 11 is 0. The van der Waals surface area contributed by atoms with Gasteiger partial charge in [-0.3, -0.25) is 9.48 Å². The lowest BCUT2D eigenvalue weighted by Crippen LogP contribution is -2.17. The Kier molecular flexibility index (Phi) is 3.99. The summed E-state index contributed by atoms with van der Waals surface area (Å²) < 4.78 is 51.3. The summed E-state index contributed by atoms with van der Waals surface area (Å²) in [4.78, 5) is 16.1. The van der Waals surface area contributed by atoms with Gasteiger partial charge in [-0.15, -0.1) is 5.10 Å². The lowest BCUT2D eigenvalue weighted by atomic mass is 10.3. The van der Waals surface area contributed by atoms with Crippen LogP contribution in [-0.2, 0) is 16.9 Å². The number of sulfone groups is 1. The summed E-state index contributed by atoms with van der Waals surface area (Å²) in [5, 5.41) is 9.29. The number of rotatable bonds is 4. The summed E-state index contributed by atoms with van der Waals surface area (Å²) in [6, 6.07) is 2.88. The molecule has 3 rings (SSSR count). The molecule has 0 aliphatic heterocycles. The Morgan fingerprint density at radius 3 is 2.64 bits per heavy atom. The molecule has 3 aromatic rings. The summed E-state index contributed by atoms with van der Waals surface area (Å²) in [6.07, 6.45) is 0.558. The number of halogens is 2. The molecular weight excluding hydrogens is 358 g/mol. The van der Waals surface area contributed by atoms with Crippen LogP contribution in [0.15, 0.2) is 29.7 Å². The third-order valence-electron chi connectivity index (χ3n) is 3.25. The van der Waals surface area contributed by atoms with Gasteiger partial charge in [-0.25, -0.2) is 26.7 Å². The Hall–Kier alpha value is -2.89. The summed E-state index contributed by atoms with van der Waals surface area (Å²) in [5.41, 5.74) is -0.373. The van der Waals surface area contributed by atoms with Crippen LogP contribution >= 0.6 is 0 Å². The number of hydrogen-bond acceptors (Lipinski definition) is 6. The molecule has 0 aliphatic carbocycles. The Morgan fingerprint density at radius 1 is 1.28 bits per heavy atom. The first-order chi connectivity index (χ1) is 11.7. The van der Waals surface area contributed by atoms with Crippen LogP contribution < -0.4 is 5.32 Å². The molecule has 0 aromatic carbocycles. The van der Waals surface area contributed by atoms with Crippen LogP contribution in [0.4, 0.5) is 14.5 Å². The maximum atomic E-state index is 13.0. The predicted molar refractivity (Wildman–Crippen MR) is 82.2 cm³/mol. The maximum Gasteiger partial charge on any atom is 0.284 e. The largest absolute Gasteiger partial charge is 0.318 e. The van der Waals surface area contributed by atoms with Crippen molar-refractivity contribution in [2.75, 3.05) is 11.6 Å².